The molecule has 0 radical (unpaired) electrons. The summed E-state index contributed by atoms with van der Waals surface area (Å²) >= 11 is 0. The standard InChI is InChI=1S/C23H25NO6/c1-4-28-18-10-15(11-19(13-18)29-5-2)23(26)24-16-6-8-20(22(12-16)27-3)21-9-7-17(14-25)30-21/h6-13,25H,4-5,14H2,1-3H3,(H,24,26). The molecule has 2 aromatic carbocycles. The number of benzene rings is 2. The van der Waals surface area contributed by atoms with Gasteiger partial charge in [0.2, 0.25) is 0 Å². The summed E-state index contributed by atoms with van der Waals surface area (Å²) in [5, 5.41) is 12.1. The highest BCUT2D eigenvalue weighted by molar-refractivity contribution is 6.05. The third-order valence-corrected chi connectivity index (χ3v) is 4.31. The number of furan rings is 1. The Morgan fingerprint density at radius 2 is 1.70 bits per heavy atom. The molecule has 7 heteroatoms. The van der Waals surface area contributed by atoms with E-state index in [9.17, 15) is 9.90 Å². The van der Waals surface area contributed by atoms with Crippen LogP contribution in [0.25, 0.3) is 11.3 Å². The van der Waals surface area contributed by atoms with Gasteiger partial charge in [-0.25, -0.2) is 0 Å². The Labute approximate surface area is 175 Å². The van der Waals surface area contributed by atoms with Gasteiger partial charge >= 0.3 is 0 Å². The van der Waals surface area contributed by atoms with Crippen molar-refractivity contribution >= 4 is 11.6 Å². The minimum absolute atomic E-state index is 0.180. The maximum Gasteiger partial charge on any atom is 0.255 e. The SMILES string of the molecule is CCOc1cc(OCC)cc(C(=O)Nc2ccc(-c3ccc(CO)o3)c(OC)c2)c1. The molecule has 3 rings (SSSR count). The van der Waals surface area contributed by atoms with Gasteiger partial charge in [-0.15, -0.1) is 0 Å². The van der Waals surface area contributed by atoms with Crippen molar-refractivity contribution < 1.29 is 28.5 Å². The Morgan fingerprint density at radius 3 is 2.27 bits per heavy atom. The second kappa shape index (κ2) is 9.84. The summed E-state index contributed by atoms with van der Waals surface area (Å²) in [5.41, 5.74) is 1.70. The highest BCUT2D eigenvalue weighted by Crippen LogP contribution is 2.34. The smallest absolute Gasteiger partial charge is 0.255 e. The number of rotatable bonds is 9. The van der Waals surface area contributed by atoms with Crippen molar-refractivity contribution in [1.82, 2.24) is 0 Å². The Bertz CT molecular complexity index is 986. The molecule has 0 saturated heterocycles. The van der Waals surface area contributed by atoms with Crippen LogP contribution in [0.15, 0.2) is 52.9 Å². The molecule has 2 N–H and O–H groups in total. The third-order valence-electron chi connectivity index (χ3n) is 4.31. The zero-order chi connectivity index (χ0) is 21.5. The van der Waals surface area contributed by atoms with Crippen molar-refractivity contribution in [2.24, 2.45) is 0 Å². The first kappa shape index (κ1) is 21.3. The molecule has 0 unspecified atom stereocenters. The Hall–Kier alpha value is -3.45. The van der Waals surface area contributed by atoms with Crippen molar-refractivity contribution in [2.45, 2.75) is 20.5 Å². The number of amides is 1. The molecule has 0 aliphatic rings. The molecule has 3 aromatic rings. The van der Waals surface area contributed by atoms with E-state index in [2.05, 4.69) is 5.32 Å². The number of hydrogen-bond acceptors (Lipinski definition) is 6. The number of methoxy groups -OCH3 is 1. The molecule has 1 amide bonds. The number of carbonyl (C=O) groups is 1. The Kier molecular flexibility index (Phi) is 6.98. The van der Waals surface area contributed by atoms with E-state index >= 15 is 0 Å². The molecular formula is C23H25NO6. The van der Waals surface area contributed by atoms with E-state index in [1.54, 1.807) is 55.6 Å². The van der Waals surface area contributed by atoms with Gasteiger partial charge in [0.15, 0.2) is 0 Å². The number of aliphatic hydroxyl groups excluding tert-OH is 1. The lowest BCUT2D eigenvalue weighted by Gasteiger charge is -2.13. The van der Waals surface area contributed by atoms with E-state index in [0.29, 0.717) is 58.8 Å². The van der Waals surface area contributed by atoms with Gasteiger partial charge in [0.05, 0.1) is 25.9 Å². The van der Waals surface area contributed by atoms with Crippen molar-refractivity contribution in [3.05, 3.63) is 59.9 Å². The first-order chi connectivity index (χ1) is 14.6. The van der Waals surface area contributed by atoms with Crippen LogP contribution in [-0.4, -0.2) is 31.3 Å². The van der Waals surface area contributed by atoms with Gasteiger partial charge in [-0.2, -0.15) is 0 Å². The summed E-state index contributed by atoms with van der Waals surface area (Å²) < 4.78 is 22.1. The van der Waals surface area contributed by atoms with Crippen LogP contribution in [0.3, 0.4) is 0 Å². The quantitative estimate of drug-likeness (QED) is 0.539. The predicted octanol–water partition coefficient (Wildman–Crippen LogP) is 4.50. The average molecular weight is 411 g/mol. The Morgan fingerprint density at radius 1 is 1.00 bits per heavy atom. The summed E-state index contributed by atoms with van der Waals surface area (Å²) in [6.45, 7) is 4.55. The molecule has 0 spiro atoms. The summed E-state index contributed by atoms with van der Waals surface area (Å²) in [6.07, 6.45) is 0. The largest absolute Gasteiger partial charge is 0.496 e. The second-order valence-electron chi connectivity index (χ2n) is 6.35. The minimum atomic E-state index is -0.298. The van der Waals surface area contributed by atoms with Crippen LogP contribution in [-0.2, 0) is 6.61 Å². The molecule has 158 valence electrons. The molecule has 0 fully saturated rings. The van der Waals surface area contributed by atoms with Crippen LogP contribution >= 0.6 is 0 Å². The summed E-state index contributed by atoms with van der Waals surface area (Å²) in [4.78, 5) is 12.8. The molecule has 0 bridgehead atoms. The van der Waals surface area contributed by atoms with Gasteiger partial charge in [-0.3, -0.25) is 4.79 Å². The summed E-state index contributed by atoms with van der Waals surface area (Å²) in [6, 6.07) is 13.8. The van der Waals surface area contributed by atoms with Crippen LogP contribution in [0.1, 0.15) is 30.0 Å². The molecule has 7 nitrogen and oxygen atoms in total. The number of hydrogen-bond donors (Lipinski definition) is 2. The summed E-state index contributed by atoms with van der Waals surface area (Å²) in [7, 11) is 1.54. The molecule has 0 aliphatic heterocycles. The van der Waals surface area contributed by atoms with Crippen LogP contribution in [0, 0.1) is 0 Å². The van der Waals surface area contributed by atoms with E-state index in [1.807, 2.05) is 13.8 Å². The lowest BCUT2D eigenvalue weighted by atomic mass is 10.1. The van der Waals surface area contributed by atoms with Gasteiger partial charge in [0, 0.05) is 23.4 Å². The van der Waals surface area contributed by atoms with Crippen molar-refractivity contribution in [2.75, 3.05) is 25.6 Å². The minimum Gasteiger partial charge on any atom is -0.496 e. The zero-order valence-corrected chi connectivity index (χ0v) is 17.2. The van der Waals surface area contributed by atoms with Crippen LogP contribution < -0.4 is 19.5 Å². The molecule has 0 aliphatic carbocycles. The number of nitrogens with one attached hydrogen (secondary N) is 1. The molecule has 0 saturated carbocycles. The molecule has 1 aromatic heterocycles. The van der Waals surface area contributed by atoms with E-state index in [0.717, 1.165) is 0 Å². The van der Waals surface area contributed by atoms with Crippen molar-refractivity contribution in [3.8, 4) is 28.6 Å². The highest BCUT2D eigenvalue weighted by Gasteiger charge is 2.14. The van der Waals surface area contributed by atoms with Gasteiger partial charge < -0.3 is 29.1 Å². The normalized spacial score (nSPS) is 10.5. The fourth-order valence-corrected chi connectivity index (χ4v) is 2.99. The maximum absolute atomic E-state index is 12.8. The molecular weight excluding hydrogens is 386 g/mol. The predicted molar refractivity (Wildman–Crippen MR) is 113 cm³/mol. The fourth-order valence-electron chi connectivity index (χ4n) is 2.99. The monoisotopic (exact) mass is 411 g/mol. The lowest BCUT2D eigenvalue weighted by molar-refractivity contribution is 0.102. The van der Waals surface area contributed by atoms with Crippen LogP contribution in [0.5, 0.6) is 17.2 Å². The summed E-state index contributed by atoms with van der Waals surface area (Å²) in [5.74, 6) is 2.40. The number of anilines is 1. The van der Waals surface area contributed by atoms with Gasteiger partial charge in [0.25, 0.3) is 5.91 Å². The van der Waals surface area contributed by atoms with Crippen LogP contribution in [0.4, 0.5) is 5.69 Å². The lowest BCUT2D eigenvalue weighted by Crippen LogP contribution is -2.12. The molecule has 30 heavy (non-hydrogen) atoms. The maximum atomic E-state index is 12.8. The fraction of sp³-hybridized carbons (Fsp3) is 0.261. The first-order valence-corrected chi connectivity index (χ1v) is 9.68. The van der Waals surface area contributed by atoms with E-state index in [1.165, 1.54) is 0 Å². The van der Waals surface area contributed by atoms with Crippen LogP contribution in [0.2, 0.25) is 0 Å². The van der Waals surface area contributed by atoms with Gasteiger partial charge in [-0.1, -0.05) is 0 Å². The third kappa shape index (κ3) is 4.93. The van der Waals surface area contributed by atoms with E-state index < -0.39 is 0 Å². The van der Waals surface area contributed by atoms with E-state index in [4.69, 9.17) is 18.6 Å². The number of carbonyl (C=O) groups excluding carboxylic acids is 1. The van der Waals surface area contributed by atoms with E-state index in [-0.39, 0.29) is 12.5 Å². The topological polar surface area (TPSA) is 90.2 Å². The Balaban J connectivity index is 1.84. The first-order valence-electron chi connectivity index (χ1n) is 9.68. The van der Waals surface area contributed by atoms with Crippen molar-refractivity contribution in [3.63, 3.8) is 0 Å². The van der Waals surface area contributed by atoms with Gasteiger partial charge in [-0.05, 0) is 50.2 Å². The number of ether oxygens (including phenoxy) is 3. The van der Waals surface area contributed by atoms with Crippen molar-refractivity contribution in [1.29, 1.82) is 0 Å². The zero-order valence-electron chi connectivity index (χ0n) is 17.2. The highest BCUT2D eigenvalue weighted by atomic mass is 16.5. The van der Waals surface area contributed by atoms with Gasteiger partial charge in [0.1, 0.15) is 35.4 Å². The average Bonchev–Trinajstić information content (AvgIpc) is 3.23. The second-order valence-corrected chi connectivity index (χ2v) is 6.35. The molecule has 1 heterocycles. The molecule has 0 atom stereocenters. The number of aliphatic hydroxyl groups is 1.